The van der Waals surface area contributed by atoms with Gasteiger partial charge in [0.2, 0.25) is 0 Å². The smallest absolute Gasteiger partial charge is 0.125 e. The number of rotatable bonds is 7. The molecule has 0 amide bonds. The number of ether oxygens (including phenoxy) is 1. The summed E-state index contributed by atoms with van der Waals surface area (Å²) in [5.41, 5.74) is 1.02. The lowest BCUT2D eigenvalue weighted by Gasteiger charge is -2.07. The van der Waals surface area contributed by atoms with Gasteiger partial charge in [-0.15, -0.1) is 0 Å². The molecule has 0 unspecified atom stereocenters. The van der Waals surface area contributed by atoms with Gasteiger partial charge in [-0.2, -0.15) is 0 Å². The Hall–Kier alpha value is -1.00. The molecule has 16 heavy (non-hydrogen) atoms. The largest absolute Gasteiger partial charge is 0.380 e. The number of aromatic nitrogens is 2. The Bertz CT molecular complexity index is 302. The Morgan fingerprint density at radius 1 is 1.44 bits per heavy atom. The third kappa shape index (κ3) is 5.78. The summed E-state index contributed by atoms with van der Waals surface area (Å²) >= 11 is 0. The van der Waals surface area contributed by atoms with Crippen molar-refractivity contribution in [1.29, 1.82) is 0 Å². The summed E-state index contributed by atoms with van der Waals surface area (Å²) in [5.74, 6) is 1.42. The predicted molar refractivity (Wildman–Crippen MR) is 64.1 cm³/mol. The van der Waals surface area contributed by atoms with Crippen molar-refractivity contribution in [2.24, 2.45) is 5.92 Å². The highest BCUT2D eigenvalue weighted by atomic mass is 16.5. The van der Waals surface area contributed by atoms with E-state index in [4.69, 9.17) is 4.74 Å². The van der Waals surface area contributed by atoms with Gasteiger partial charge in [0, 0.05) is 25.9 Å². The first-order chi connectivity index (χ1) is 7.68. The molecule has 0 radical (unpaired) electrons. The van der Waals surface area contributed by atoms with Crippen LogP contribution in [0.15, 0.2) is 12.3 Å². The second-order valence-electron chi connectivity index (χ2n) is 4.24. The summed E-state index contributed by atoms with van der Waals surface area (Å²) in [4.78, 5) is 8.36. The predicted octanol–water partition coefficient (Wildman–Crippen LogP) is 1.55. The number of hydrogen-bond donors (Lipinski definition) is 1. The monoisotopic (exact) mass is 223 g/mol. The standard InChI is InChI=1S/C12H21N3O/c1-10(2)9-16-7-6-13-8-12-4-5-14-11(3)15-12/h4-5,10,13H,6-9H2,1-3H3. The van der Waals surface area contributed by atoms with Crippen molar-refractivity contribution in [3.8, 4) is 0 Å². The van der Waals surface area contributed by atoms with Crippen molar-refractivity contribution in [2.45, 2.75) is 27.3 Å². The molecule has 1 aromatic rings. The minimum atomic E-state index is 0.601. The Balaban J connectivity index is 2.07. The first-order valence-electron chi connectivity index (χ1n) is 5.75. The Morgan fingerprint density at radius 3 is 2.94 bits per heavy atom. The van der Waals surface area contributed by atoms with Crippen molar-refractivity contribution >= 4 is 0 Å². The van der Waals surface area contributed by atoms with Gasteiger partial charge in [0.1, 0.15) is 5.82 Å². The maximum absolute atomic E-state index is 5.46. The van der Waals surface area contributed by atoms with Gasteiger partial charge >= 0.3 is 0 Å². The van der Waals surface area contributed by atoms with Gasteiger partial charge in [-0.25, -0.2) is 9.97 Å². The van der Waals surface area contributed by atoms with E-state index in [-0.39, 0.29) is 0 Å². The maximum Gasteiger partial charge on any atom is 0.125 e. The third-order valence-corrected chi connectivity index (χ3v) is 2.01. The van der Waals surface area contributed by atoms with Gasteiger partial charge in [-0.3, -0.25) is 0 Å². The van der Waals surface area contributed by atoms with E-state index in [0.717, 1.165) is 37.8 Å². The second kappa shape index (κ2) is 7.30. The van der Waals surface area contributed by atoms with Gasteiger partial charge < -0.3 is 10.1 Å². The van der Waals surface area contributed by atoms with Crippen molar-refractivity contribution in [3.05, 3.63) is 23.8 Å². The van der Waals surface area contributed by atoms with Crippen LogP contribution in [0.3, 0.4) is 0 Å². The highest BCUT2D eigenvalue weighted by Gasteiger charge is 1.96. The van der Waals surface area contributed by atoms with Crippen molar-refractivity contribution < 1.29 is 4.74 Å². The summed E-state index contributed by atoms with van der Waals surface area (Å²) in [6.07, 6.45) is 1.79. The van der Waals surface area contributed by atoms with E-state index in [2.05, 4.69) is 29.1 Å². The molecule has 0 atom stereocenters. The van der Waals surface area contributed by atoms with Gasteiger partial charge in [0.25, 0.3) is 0 Å². The van der Waals surface area contributed by atoms with Crippen molar-refractivity contribution in [1.82, 2.24) is 15.3 Å². The number of aryl methyl sites for hydroxylation is 1. The molecule has 1 rings (SSSR count). The van der Waals surface area contributed by atoms with Crippen LogP contribution in [0.1, 0.15) is 25.4 Å². The van der Waals surface area contributed by atoms with E-state index in [9.17, 15) is 0 Å². The average Bonchev–Trinajstić information content (AvgIpc) is 2.23. The molecule has 90 valence electrons. The molecule has 0 aliphatic rings. The maximum atomic E-state index is 5.46. The molecule has 1 aromatic heterocycles. The van der Waals surface area contributed by atoms with Crippen molar-refractivity contribution in [2.75, 3.05) is 19.8 Å². The average molecular weight is 223 g/mol. The SMILES string of the molecule is Cc1nccc(CNCCOCC(C)C)n1. The van der Waals surface area contributed by atoms with Crippen LogP contribution in [0.2, 0.25) is 0 Å². The van der Waals surface area contributed by atoms with Gasteiger partial charge in [-0.05, 0) is 18.9 Å². The zero-order valence-corrected chi connectivity index (χ0v) is 10.4. The van der Waals surface area contributed by atoms with Gasteiger partial charge in [0.05, 0.1) is 12.3 Å². The number of nitrogens with zero attached hydrogens (tertiary/aromatic N) is 2. The Morgan fingerprint density at radius 2 is 2.25 bits per heavy atom. The minimum Gasteiger partial charge on any atom is -0.380 e. The summed E-state index contributed by atoms with van der Waals surface area (Å²) in [7, 11) is 0. The van der Waals surface area contributed by atoms with E-state index < -0.39 is 0 Å². The lowest BCUT2D eigenvalue weighted by atomic mass is 10.2. The highest BCUT2D eigenvalue weighted by Crippen LogP contribution is 1.94. The molecular formula is C12H21N3O. The fraction of sp³-hybridized carbons (Fsp3) is 0.667. The lowest BCUT2D eigenvalue weighted by molar-refractivity contribution is 0.111. The second-order valence-corrected chi connectivity index (χ2v) is 4.24. The fourth-order valence-electron chi connectivity index (χ4n) is 1.28. The van der Waals surface area contributed by atoms with Crippen LogP contribution < -0.4 is 5.32 Å². The van der Waals surface area contributed by atoms with E-state index >= 15 is 0 Å². The molecule has 0 aromatic carbocycles. The third-order valence-electron chi connectivity index (χ3n) is 2.01. The zero-order chi connectivity index (χ0) is 11.8. The molecular weight excluding hydrogens is 202 g/mol. The zero-order valence-electron chi connectivity index (χ0n) is 10.4. The summed E-state index contributed by atoms with van der Waals surface area (Å²) in [5, 5.41) is 3.29. The normalized spacial score (nSPS) is 11.0. The molecule has 0 spiro atoms. The Labute approximate surface area is 97.5 Å². The summed E-state index contributed by atoms with van der Waals surface area (Å²) in [6, 6.07) is 1.93. The van der Waals surface area contributed by atoms with Crippen LogP contribution in [-0.4, -0.2) is 29.7 Å². The minimum absolute atomic E-state index is 0.601. The van der Waals surface area contributed by atoms with Crippen LogP contribution in [0.5, 0.6) is 0 Å². The van der Waals surface area contributed by atoms with E-state index in [0.29, 0.717) is 5.92 Å². The lowest BCUT2D eigenvalue weighted by Crippen LogP contribution is -2.21. The molecule has 4 nitrogen and oxygen atoms in total. The van der Waals surface area contributed by atoms with Crippen LogP contribution in [-0.2, 0) is 11.3 Å². The summed E-state index contributed by atoms with van der Waals surface area (Å²) < 4.78 is 5.46. The first-order valence-corrected chi connectivity index (χ1v) is 5.75. The number of hydrogen-bond acceptors (Lipinski definition) is 4. The van der Waals surface area contributed by atoms with Crippen molar-refractivity contribution in [3.63, 3.8) is 0 Å². The van der Waals surface area contributed by atoms with Crippen LogP contribution >= 0.6 is 0 Å². The van der Waals surface area contributed by atoms with Gasteiger partial charge in [0.15, 0.2) is 0 Å². The molecule has 4 heteroatoms. The topological polar surface area (TPSA) is 47.0 Å². The van der Waals surface area contributed by atoms with Crippen LogP contribution in [0.25, 0.3) is 0 Å². The van der Waals surface area contributed by atoms with Crippen LogP contribution in [0.4, 0.5) is 0 Å². The highest BCUT2D eigenvalue weighted by molar-refractivity contribution is 5.00. The molecule has 0 saturated carbocycles. The van der Waals surface area contributed by atoms with E-state index in [1.54, 1.807) is 6.20 Å². The Kier molecular flexibility index (Phi) is 5.96. The molecule has 0 fully saturated rings. The van der Waals surface area contributed by atoms with E-state index in [1.807, 2.05) is 13.0 Å². The molecule has 1 N–H and O–H groups in total. The molecule has 0 aliphatic heterocycles. The quantitative estimate of drug-likeness (QED) is 0.712. The van der Waals surface area contributed by atoms with Crippen LogP contribution in [0, 0.1) is 12.8 Å². The van der Waals surface area contributed by atoms with E-state index in [1.165, 1.54) is 0 Å². The summed E-state index contributed by atoms with van der Waals surface area (Å²) in [6.45, 7) is 9.41. The molecule has 0 saturated heterocycles. The number of nitrogens with one attached hydrogen (secondary N) is 1. The molecule has 0 aliphatic carbocycles. The molecule has 0 bridgehead atoms. The fourth-order valence-corrected chi connectivity index (χ4v) is 1.28. The molecule has 1 heterocycles. The first kappa shape index (κ1) is 13.1. The van der Waals surface area contributed by atoms with Gasteiger partial charge in [-0.1, -0.05) is 13.8 Å².